The smallest absolute Gasteiger partial charge is 0.449 e. The molecule has 188 valence electrons. The SMILES string of the molecule is CCOc1ccc(C(=O)NCCNC(=O)c2nc(Cn3c(C(F)(F)F)nc4ccccc43)no2)cc1. The van der Waals surface area contributed by atoms with Crippen LogP contribution in [0.3, 0.4) is 0 Å². The average Bonchev–Trinajstić information content (AvgIpc) is 3.48. The van der Waals surface area contributed by atoms with Gasteiger partial charge in [0.1, 0.15) is 5.75 Å². The summed E-state index contributed by atoms with van der Waals surface area (Å²) in [6.45, 7) is 2.15. The zero-order valence-corrected chi connectivity index (χ0v) is 19.0. The highest BCUT2D eigenvalue weighted by Crippen LogP contribution is 2.31. The lowest BCUT2D eigenvalue weighted by molar-refractivity contribution is -0.146. The number of hydrogen-bond acceptors (Lipinski definition) is 7. The molecule has 2 N–H and O–H groups in total. The van der Waals surface area contributed by atoms with Crippen molar-refractivity contribution in [1.82, 2.24) is 30.3 Å². The van der Waals surface area contributed by atoms with Gasteiger partial charge in [-0.15, -0.1) is 0 Å². The van der Waals surface area contributed by atoms with Crippen LogP contribution in [0, 0.1) is 0 Å². The number of hydrogen-bond donors (Lipinski definition) is 2. The molecule has 13 heteroatoms. The maximum absolute atomic E-state index is 13.5. The van der Waals surface area contributed by atoms with Crippen LogP contribution >= 0.6 is 0 Å². The topological polar surface area (TPSA) is 124 Å². The molecule has 0 saturated heterocycles. The molecule has 0 atom stereocenters. The molecule has 0 aliphatic carbocycles. The number of para-hydroxylation sites is 2. The van der Waals surface area contributed by atoms with Gasteiger partial charge in [0.15, 0.2) is 5.82 Å². The van der Waals surface area contributed by atoms with E-state index in [9.17, 15) is 22.8 Å². The third-order valence-corrected chi connectivity index (χ3v) is 4.99. The van der Waals surface area contributed by atoms with E-state index in [0.29, 0.717) is 17.9 Å². The van der Waals surface area contributed by atoms with Crippen molar-refractivity contribution in [2.75, 3.05) is 19.7 Å². The number of ether oxygens (including phenoxy) is 1. The second-order valence-corrected chi connectivity index (χ2v) is 7.49. The van der Waals surface area contributed by atoms with Crippen molar-refractivity contribution < 1.29 is 32.0 Å². The molecule has 0 bridgehead atoms. The lowest BCUT2D eigenvalue weighted by atomic mass is 10.2. The second-order valence-electron chi connectivity index (χ2n) is 7.49. The van der Waals surface area contributed by atoms with E-state index in [-0.39, 0.29) is 35.9 Å². The number of nitrogens with zero attached hydrogens (tertiary/aromatic N) is 4. The number of aromatic nitrogens is 4. The maximum atomic E-state index is 13.5. The number of carbonyl (C=O) groups excluding carboxylic acids is 2. The van der Waals surface area contributed by atoms with Crippen LogP contribution in [-0.4, -0.2) is 51.2 Å². The molecule has 0 aliphatic heterocycles. The van der Waals surface area contributed by atoms with Crippen molar-refractivity contribution in [2.24, 2.45) is 0 Å². The summed E-state index contributed by atoms with van der Waals surface area (Å²) < 4.78 is 51.5. The van der Waals surface area contributed by atoms with Crippen molar-refractivity contribution in [3.63, 3.8) is 0 Å². The highest BCUT2D eigenvalue weighted by molar-refractivity contribution is 5.94. The summed E-state index contributed by atoms with van der Waals surface area (Å²) in [5.41, 5.74) is 0.832. The normalized spacial score (nSPS) is 11.4. The number of rotatable bonds is 9. The molecule has 10 nitrogen and oxygen atoms in total. The standard InChI is InChI=1S/C23H21F3N6O4/c1-2-35-15-9-7-14(8-10-15)19(33)27-11-12-28-20(34)21-30-18(31-36-21)13-32-17-6-4-3-5-16(17)29-22(32)23(24,25)26/h3-10H,2,11-13H2,1H3,(H,27,33)(H,28,34). The molecule has 0 fully saturated rings. The van der Waals surface area contributed by atoms with Crippen molar-refractivity contribution in [3.8, 4) is 5.75 Å². The first-order chi connectivity index (χ1) is 17.3. The molecule has 2 heterocycles. The Kier molecular flexibility index (Phi) is 7.17. The molecule has 0 spiro atoms. The molecule has 0 saturated carbocycles. The number of amides is 2. The van der Waals surface area contributed by atoms with E-state index < -0.39 is 30.3 Å². The van der Waals surface area contributed by atoms with Gasteiger partial charge in [0.25, 0.3) is 5.91 Å². The fraction of sp³-hybridized carbons (Fsp3) is 0.261. The first kappa shape index (κ1) is 24.7. The number of imidazole rings is 1. The van der Waals surface area contributed by atoms with E-state index >= 15 is 0 Å². The van der Waals surface area contributed by atoms with Gasteiger partial charge in [-0.25, -0.2) is 4.98 Å². The van der Waals surface area contributed by atoms with Gasteiger partial charge in [0.05, 0.1) is 24.2 Å². The summed E-state index contributed by atoms with van der Waals surface area (Å²) in [5, 5.41) is 8.77. The first-order valence-corrected chi connectivity index (χ1v) is 10.9. The lowest BCUT2D eigenvalue weighted by Crippen LogP contribution is -2.34. The minimum atomic E-state index is -4.70. The van der Waals surface area contributed by atoms with Gasteiger partial charge >= 0.3 is 18.0 Å². The fourth-order valence-corrected chi connectivity index (χ4v) is 3.40. The second kappa shape index (κ2) is 10.5. The third-order valence-electron chi connectivity index (χ3n) is 4.99. The Morgan fingerprint density at radius 3 is 2.39 bits per heavy atom. The zero-order valence-electron chi connectivity index (χ0n) is 19.0. The molecular formula is C23H21F3N6O4. The Balaban J connectivity index is 1.32. The number of carbonyl (C=O) groups is 2. The van der Waals surface area contributed by atoms with Crippen LogP contribution in [0.25, 0.3) is 11.0 Å². The minimum Gasteiger partial charge on any atom is -0.494 e. The Labute approximate surface area is 202 Å². The molecule has 2 aromatic heterocycles. The van der Waals surface area contributed by atoms with E-state index in [2.05, 4.69) is 25.8 Å². The summed E-state index contributed by atoms with van der Waals surface area (Å²) in [6.07, 6.45) is -4.70. The number of fused-ring (bicyclic) bond motifs is 1. The summed E-state index contributed by atoms with van der Waals surface area (Å²) >= 11 is 0. The number of benzene rings is 2. The van der Waals surface area contributed by atoms with Crippen LogP contribution in [-0.2, 0) is 12.7 Å². The molecular weight excluding hydrogens is 481 g/mol. The van der Waals surface area contributed by atoms with Crippen LogP contribution in [0.15, 0.2) is 53.1 Å². The first-order valence-electron chi connectivity index (χ1n) is 10.9. The summed E-state index contributed by atoms with van der Waals surface area (Å²) in [6, 6.07) is 12.7. The quantitative estimate of drug-likeness (QED) is 0.337. The van der Waals surface area contributed by atoms with E-state index in [1.165, 1.54) is 12.1 Å². The lowest BCUT2D eigenvalue weighted by Gasteiger charge is -2.09. The van der Waals surface area contributed by atoms with Gasteiger partial charge in [0.2, 0.25) is 5.82 Å². The number of halogens is 3. The minimum absolute atomic E-state index is 0.0592. The molecule has 0 unspecified atom stereocenters. The van der Waals surface area contributed by atoms with Crippen molar-refractivity contribution in [3.05, 3.63) is 71.6 Å². The van der Waals surface area contributed by atoms with Gasteiger partial charge in [0, 0.05) is 18.7 Å². The van der Waals surface area contributed by atoms with Gasteiger partial charge in [-0.3, -0.25) is 9.59 Å². The van der Waals surface area contributed by atoms with Crippen LogP contribution in [0.1, 0.15) is 39.6 Å². The predicted octanol–water partition coefficient (Wildman–Crippen LogP) is 3.04. The van der Waals surface area contributed by atoms with E-state index in [1.807, 2.05) is 6.92 Å². The average molecular weight is 502 g/mol. The predicted molar refractivity (Wildman–Crippen MR) is 120 cm³/mol. The molecule has 36 heavy (non-hydrogen) atoms. The van der Waals surface area contributed by atoms with Crippen LogP contribution in [0.5, 0.6) is 5.75 Å². The Morgan fingerprint density at radius 1 is 1.00 bits per heavy atom. The van der Waals surface area contributed by atoms with Crippen molar-refractivity contribution in [2.45, 2.75) is 19.6 Å². The highest BCUT2D eigenvalue weighted by atomic mass is 19.4. The number of alkyl halides is 3. The fourth-order valence-electron chi connectivity index (χ4n) is 3.40. The van der Waals surface area contributed by atoms with Crippen molar-refractivity contribution >= 4 is 22.8 Å². The summed E-state index contributed by atoms with van der Waals surface area (Å²) in [7, 11) is 0. The van der Waals surface area contributed by atoms with Crippen LogP contribution in [0.4, 0.5) is 13.2 Å². The maximum Gasteiger partial charge on any atom is 0.449 e. The highest BCUT2D eigenvalue weighted by Gasteiger charge is 2.38. The molecule has 2 aromatic carbocycles. The molecule has 0 aliphatic rings. The molecule has 4 aromatic rings. The Morgan fingerprint density at radius 2 is 1.69 bits per heavy atom. The van der Waals surface area contributed by atoms with Gasteiger partial charge in [-0.05, 0) is 43.3 Å². The molecule has 4 rings (SSSR count). The van der Waals surface area contributed by atoms with Crippen molar-refractivity contribution in [1.29, 1.82) is 0 Å². The van der Waals surface area contributed by atoms with Gasteiger partial charge < -0.3 is 24.5 Å². The zero-order chi connectivity index (χ0) is 25.7. The monoisotopic (exact) mass is 502 g/mol. The summed E-state index contributed by atoms with van der Waals surface area (Å²) in [4.78, 5) is 32.0. The summed E-state index contributed by atoms with van der Waals surface area (Å²) in [5.74, 6) is -2.06. The largest absolute Gasteiger partial charge is 0.494 e. The Bertz CT molecular complexity index is 1360. The Hall–Kier alpha value is -4.42. The number of nitrogens with one attached hydrogen (secondary N) is 2. The van der Waals surface area contributed by atoms with E-state index in [1.54, 1.807) is 36.4 Å². The molecule has 0 radical (unpaired) electrons. The van der Waals surface area contributed by atoms with Gasteiger partial charge in [-0.2, -0.15) is 18.2 Å². The van der Waals surface area contributed by atoms with E-state index in [0.717, 1.165) is 4.57 Å². The van der Waals surface area contributed by atoms with Crippen LogP contribution < -0.4 is 15.4 Å². The van der Waals surface area contributed by atoms with E-state index in [4.69, 9.17) is 9.26 Å². The molecule has 2 amide bonds. The van der Waals surface area contributed by atoms with Crippen LogP contribution in [0.2, 0.25) is 0 Å². The van der Waals surface area contributed by atoms with Gasteiger partial charge in [-0.1, -0.05) is 17.3 Å². The third kappa shape index (κ3) is 5.62.